The third-order valence-corrected chi connectivity index (χ3v) is 6.12. The Morgan fingerprint density at radius 2 is 1.32 bits per heavy atom. The molecular weight excluding hydrogens is 487 g/mol. The second-order valence-corrected chi connectivity index (χ2v) is 8.89. The summed E-state index contributed by atoms with van der Waals surface area (Å²) in [6.07, 6.45) is -1.88. The number of ether oxygens (including phenoxy) is 2. The molecule has 194 valence electrons. The Morgan fingerprint density at radius 1 is 0.676 bits per heavy atom. The maximum absolute atomic E-state index is 15.2. The van der Waals surface area contributed by atoms with Gasteiger partial charge in [-0.1, -0.05) is 55.5 Å². The van der Waals surface area contributed by atoms with Crippen LogP contribution in [-0.2, 0) is 25.7 Å². The van der Waals surface area contributed by atoms with E-state index in [0.717, 1.165) is 22.9 Å². The van der Waals surface area contributed by atoms with Crippen LogP contribution in [0.15, 0.2) is 72.8 Å². The molecule has 2 nitrogen and oxygen atoms in total. The first-order valence-corrected chi connectivity index (χ1v) is 12.2. The van der Waals surface area contributed by atoms with Crippen molar-refractivity contribution in [1.82, 2.24) is 0 Å². The van der Waals surface area contributed by atoms with E-state index in [1.54, 1.807) is 36.4 Å². The van der Waals surface area contributed by atoms with Gasteiger partial charge in [0.05, 0.1) is 6.61 Å². The summed E-state index contributed by atoms with van der Waals surface area (Å²) in [6, 6.07) is 19.6. The summed E-state index contributed by atoms with van der Waals surface area (Å²) in [6.45, 7) is 2.53. The summed E-state index contributed by atoms with van der Waals surface area (Å²) in [5.41, 5.74) is 2.89. The van der Waals surface area contributed by atoms with Gasteiger partial charge in [-0.05, 0) is 77.9 Å². The minimum atomic E-state index is -4.74. The van der Waals surface area contributed by atoms with Crippen LogP contribution in [0.3, 0.4) is 0 Å². The molecule has 4 aromatic rings. The summed E-state index contributed by atoms with van der Waals surface area (Å²) in [4.78, 5) is 0. The highest BCUT2D eigenvalue weighted by molar-refractivity contribution is 5.84. The molecule has 0 N–H and O–H groups in total. The Labute approximate surface area is 212 Å². The molecule has 0 amide bonds. The molecule has 0 radical (unpaired) electrons. The fraction of sp³-hybridized carbons (Fsp3) is 0.267. The van der Waals surface area contributed by atoms with Gasteiger partial charge in [-0.25, -0.2) is 8.78 Å². The zero-order chi connectivity index (χ0) is 26.4. The maximum Gasteiger partial charge on any atom is 0.573 e. The van der Waals surface area contributed by atoms with Gasteiger partial charge in [-0.2, -0.15) is 0 Å². The Hall–Kier alpha value is -3.61. The normalized spacial score (nSPS) is 11.6. The lowest BCUT2D eigenvalue weighted by Gasteiger charge is -2.11. The molecule has 0 aliphatic carbocycles. The number of rotatable bonds is 10. The van der Waals surface area contributed by atoms with Crippen molar-refractivity contribution >= 4 is 10.8 Å². The average molecular weight is 515 g/mol. The van der Waals surface area contributed by atoms with Crippen LogP contribution < -0.4 is 9.47 Å². The SMILES string of the molecule is CCCOc1ccc(CCc2ccc3c(F)c(CCc4ccc(OC(F)(F)F)cc4)ccc3c2)c(F)c1. The van der Waals surface area contributed by atoms with E-state index in [1.165, 1.54) is 18.2 Å². The number of aryl methyl sites for hydroxylation is 4. The second kappa shape index (κ2) is 11.6. The summed E-state index contributed by atoms with van der Waals surface area (Å²) < 4.78 is 75.9. The minimum Gasteiger partial charge on any atom is -0.494 e. The third-order valence-electron chi connectivity index (χ3n) is 6.12. The average Bonchev–Trinajstić information content (AvgIpc) is 2.86. The van der Waals surface area contributed by atoms with Gasteiger partial charge in [-0.15, -0.1) is 13.2 Å². The Balaban J connectivity index is 1.39. The molecule has 0 bridgehead atoms. The number of fused-ring (bicyclic) bond motifs is 1. The van der Waals surface area contributed by atoms with Crippen LogP contribution in [0.1, 0.15) is 35.6 Å². The molecule has 4 aromatic carbocycles. The van der Waals surface area contributed by atoms with Crippen molar-refractivity contribution in [2.75, 3.05) is 6.61 Å². The zero-order valence-corrected chi connectivity index (χ0v) is 20.4. The van der Waals surface area contributed by atoms with Crippen molar-refractivity contribution in [2.45, 2.75) is 45.4 Å². The Bertz CT molecular complexity index is 1350. The van der Waals surface area contributed by atoms with Crippen LogP contribution in [0.4, 0.5) is 22.0 Å². The zero-order valence-electron chi connectivity index (χ0n) is 20.4. The molecular formula is C30H27F5O2. The standard InChI is InChI=1S/C30H27F5O2/c1-2-17-36-26-15-12-22(28(31)19-26)8-4-21-7-16-27-24(18-21)11-10-23(29(27)32)9-3-20-5-13-25(14-6-20)37-30(33,34)35/h5-7,10-16,18-19H,2-4,8-9,17H2,1H3. The number of benzene rings is 4. The first kappa shape index (κ1) is 26.5. The molecule has 0 aliphatic heterocycles. The maximum atomic E-state index is 15.2. The lowest BCUT2D eigenvalue weighted by atomic mass is 9.97. The number of hydrogen-bond acceptors (Lipinski definition) is 2. The van der Waals surface area contributed by atoms with Crippen LogP contribution in [0, 0.1) is 11.6 Å². The summed E-state index contributed by atoms with van der Waals surface area (Å²) in [5.74, 6) is -0.375. The first-order valence-electron chi connectivity index (χ1n) is 12.2. The van der Waals surface area contributed by atoms with Crippen molar-refractivity contribution < 1.29 is 31.4 Å². The van der Waals surface area contributed by atoms with Gasteiger partial charge in [0.15, 0.2) is 0 Å². The molecule has 0 aromatic heterocycles. The monoisotopic (exact) mass is 514 g/mol. The third kappa shape index (κ3) is 7.21. The molecule has 0 saturated heterocycles. The predicted molar refractivity (Wildman–Crippen MR) is 134 cm³/mol. The van der Waals surface area contributed by atoms with Crippen LogP contribution in [0.25, 0.3) is 10.8 Å². The summed E-state index contributed by atoms with van der Waals surface area (Å²) >= 11 is 0. The van der Waals surface area contributed by atoms with E-state index in [2.05, 4.69) is 4.74 Å². The van der Waals surface area contributed by atoms with Crippen LogP contribution in [-0.4, -0.2) is 13.0 Å². The fourth-order valence-corrected chi connectivity index (χ4v) is 4.19. The van der Waals surface area contributed by atoms with Crippen molar-refractivity contribution in [2.24, 2.45) is 0 Å². The topological polar surface area (TPSA) is 18.5 Å². The van der Waals surface area contributed by atoms with E-state index in [-0.39, 0.29) is 17.4 Å². The second-order valence-electron chi connectivity index (χ2n) is 8.89. The van der Waals surface area contributed by atoms with Gasteiger partial charge in [0.1, 0.15) is 23.1 Å². The minimum absolute atomic E-state index is 0.287. The Morgan fingerprint density at radius 3 is 2.03 bits per heavy atom. The number of alkyl halides is 3. The van der Waals surface area contributed by atoms with Crippen LogP contribution >= 0.6 is 0 Å². The van der Waals surface area contributed by atoms with Gasteiger partial charge in [-0.3, -0.25) is 0 Å². The van der Waals surface area contributed by atoms with E-state index in [9.17, 15) is 17.6 Å². The highest BCUT2D eigenvalue weighted by atomic mass is 19.4. The lowest BCUT2D eigenvalue weighted by Crippen LogP contribution is -2.17. The van der Waals surface area contributed by atoms with Gasteiger partial charge < -0.3 is 9.47 Å². The van der Waals surface area contributed by atoms with Crippen LogP contribution in [0.2, 0.25) is 0 Å². The van der Waals surface area contributed by atoms with E-state index in [0.29, 0.717) is 54.6 Å². The molecule has 0 saturated carbocycles. The fourth-order valence-electron chi connectivity index (χ4n) is 4.19. The van der Waals surface area contributed by atoms with Gasteiger partial charge >= 0.3 is 6.36 Å². The number of hydrogen-bond donors (Lipinski definition) is 0. The van der Waals surface area contributed by atoms with Crippen molar-refractivity contribution in [3.63, 3.8) is 0 Å². The van der Waals surface area contributed by atoms with E-state index in [1.807, 2.05) is 25.1 Å². The quantitative estimate of drug-likeness (QED) is 0.198. The Kier molecular flexibility index (Phi) is 8.31. The molecule has 0 spiro atoms. The first-order chi connectivity index (χ1) is 17.7. The van der Waals surface area contributed by atoms with Crippen molar-refractivity contribution in [3.05, 3.63) is 107 Å². The van der Waals surface area contributed by atoms with Gasteiger partial charge in [0.25, 0.3) is 0 Å². The summed E-state index contributed by atoms with van der Waals surface area (Å²) in [7, 11) is 0. The smallest absolute Gasteiger partial charge is 0.494 e. The lowest BCUT2D eigenvalue weighted by molar-refractivity contribution is -0.274. The molecule has 0 atom stereocenters. The molecule has 37 heavy (non-hydrogen) atoms. The van der Waals surface area contributed by atoms with Gasteiger partial charge in [0, 0.05) is 11.5 Å². The largest absolute Gasteiger partial charge is 0.573 e. The highest BCUT2D eigenvalue weighted by Gasteiger charge is 2.30. The van der Waals surface area contributed by atoms with Crippen molar-refractivity contribution in [3.8, 4) is 11.5 Å². The van der Waals surface area contributed by atoms with Gasteiger partial charge in [0.2, 0.25) is 0 Å². The highest BCUT2D eigenvalue weighted by Crippen LogP contribution is 2.26. The molecule has 4 rings (SSSR count). The molecule has 7 heteroatoms. The summed E-state index contributed by atoms with van der Waals surface area (Å²) in [5, 5.41) is 1.26. The van der Waals surface area contributed by atoms with E-state index in [4.69, 9.17) is 4.74 Å². The molecule has 0 fully saturated rings. The van der Waals surface area contributed by atoms with Crippen LogP contribution in [0.5, 0.6) is 11.5 Å². The van der Waals surface area contributed by atoms with Crippen molar-refractivity contribution in [1.29, 1.82) is 0 Å². The molecule has 0 unspecified atom stereocenters. The van der Waals surface area contributed by atoms with E-state index >= 15 is 4.39 Å². The van der Waals surface area contributed by atoms with E-state index < -0.39 is 6.36 Å². The molecule has 0 heterocycles. The predicted octanol–water partition coefficient (Wildman–Crippen LogP) is 8.38. The molecule has 0 aliphatic rings. The number of halogens is 5.